The van der Waals surface area contributed by atoms with E-state index < -0.39 is 6.10 Å². The third-order valence-corrected chi connectivity index (χ3v) is 1.61. The molecule has 0 aliphatic carbocycles. The molecule has 1 atom stereocenters. The van der Waals surface area contributed by atoms with Gasteiger partial charge in [0.15, 0.2) is 0 Å². The summed E-state index contributed by atoms with van der Waals surface area (Å²) in [5.74, 6) is -0.0675. The van der Waals surface area contributed by atoms with Crippen LogP contribution in [0.3, 0.4) is 0 Å². The first-order valence-electron chi connectivity index (χ1n) is 3.97. The number of hydrogen-bond acceptors (Lipinski definition) is 5. The molecular weight excluding hydrogens is 188 g/mol. The first-order valence-corrected chi connectivity index (χ1v) is 3.97. The van der Waals surface area contributed by atoms with Crippen LogP contribution < -0.4 is 10.1 Å². The Morgan fingerprint density at radius 2 is 2.29 bits per heavy atom. The molecule has 1 aromatic heterocycles. The first-order chi connectivity index (χ1) is 6.67. The fraction of sp³-hybridized carbons (Fsp3) is 0.571. The van der Waals surface area contributed by atoms with E-state index >= 15 is 0 Å². The molecule has 0 saturated carbocycles. The van der Waals surface area contributed by atoms with Crippen molar-refractivity contribution in [3.8, 4) is 6.01 Å². The number of hydrogen-bond donors (Lipinski definition) is 2. The number of aromatic nitrogens is 3. The van der Waals surface area contributed by atoms with Crippen LogP contribution >= 0.6 is 0 Å². The summed E-state index contributed by atoms with van der Waals surface area (Å²) in [7, 11) is 2.89. The lowest BCUT2D eigenvalue weighted by Gasteiger charge is -2.07. The van der Waals surface area contributed by atoms with Crippen LogP contribution in [0.15, 0.2) is 0 Å². The van der Waals surface area contributed by atoms with Crippen molar-refractivity contribution in [1.29, 1.82) is 0 Å². The van der Waals surface area contributed by atoms with E-state index in [9.17, 15) is 4.79 Å². The molecule has 0 aliphatic heterocycles. The van der Waals surface area contributed by atoms with Gasteiger partial charge in [-0.05, 0) is 6.92 Å². The number of aromatic amines is 1. The number of rotatable bonds is 4. The van der Waals surface area contributed by atoms with E-state index in [1.54, 1.807) is 6.92 Å². The summed E-state index contributed by atoms with van der Waals surface area (Å²) in [6.07, 6.45) is -0.536. The maximum atomic E-state index is 11.3. The molecule has 2 N–H and O–H groups in total. The molecule has 1 aromatic rings. The Balaban J connectivity index is 2.56. The number of nitrogens with one attached hydrogen (secondary N) is 2. The topological polar surface area (TPSA) is 89.1 Å². The maximum absolute atomic E-state index is 11.3. The van der Waals surface area contributed by atoms with Crippen molar-refractivity contribution in [2.45, 2.75) is 13.0 Å². The van der Waals surface area contributed by atoms with Crippen molar-refractivity contribution in [3.63, 3.8) is 0 Å². The van der Waals surface area contributed by atoms with Gasteiger partial charge >= 0.3 is 6.01 Å². The van der Waals surface area contributed by atoms with Gasteiger partial charge in [0.25, 0.3) is 5.91 Å². The van der Waals surface area contributed by atoms with Gasteiger partial charge in [-0.2, -0.15) is 4.98 Å². The lowest BCUT2D eigenvalue weighted by atomic mass is 10.4. The Kier molecular flexibility index (Phi) is 3.41. The molecular formula is C7H12N4O3. The van der Waals surface area contributed by atoms with Gasteiger partial charge in [0.1, 0.15) is 6.10 Å². The molecule has 0 aliphatic rings. The van der Waals surface area contributed by atoms with E-state index in [4.69, 9.17) is 9.47 Å². The van der Waals surface area contributed by atoms with Gasteiger partial charge in [-0.15, -0.1) is 5.10 Å². The molecule has 78 valence electrons. The number of carbonyl (C=O) groups excluding carboxylic acids is 1. The van der Waals surface area contributed by atoms with Crippen LogP contribution in [-0.4, -0.2) is 41.4 Å². The van der Waals surface area contributed by atoms with E-state index in [1.165, 1.54) is 14.2 Å². The normalized spacial score (nSPS) is 12.2. The molecule has 0 fully saturated rings. The number of carbonyl (C=O) groups is 1. The van der Waals surface area contributed by atoms with Crippen molar-refractivity contribution >= 4 is 11.9 Å². The third kappa shape index (κ3) is 2.43. The van der Waals surface area contributed by atoms with Gasteiger partial charge < -0.3 is 9.47 Å². The van der Waals surface area contributed by atoms with Gasteiger partial charge in [-0.1, -0.05) is 0 Å². The summed E-state index contributed by atoms with van der Waals surface area (Å²) in [5, 5.41) is 8.63. The Morgan fingerprint density at radius 1 is 1.57 bits per heavy atom. The van der Waals surface area contributed by atoms with Crippen LogP contribution in [0.2, 0.25) is 0 Å². The maximum Gasteiger partial charge on any atom is 0.336 e. The zero-order valence-electron chi connectivity index (χ0n) is 8.20. The molecule has 1 rings (SSSR count). The molecule has 0 spiro atoms. The van der Waals surface area contributed by atoms with Crippen molar-refractivity contribution in [1.82, 2.24) is 15.2 Å². The molecule has 7 heteroatoms. The van der Waals surface area contributed by atoms with Crippen LogP contribution in [0, 0.1) is 0 Å². The molecule has 1 unspecified atom stereocenters. The number of methoxy groups -OCH3 is 2. The monoisotopic (exact) mass is 200 g/mol. The number of H-pyrrole nitrogens is 1. The molecule has 0 aromatic carbocycles. The molecule has 14 heavy (non-hydrogen) atoms. The Bertz CT molecular complexity index is 312. The lowest BCUT2D eigenvalue weighted by Crippen LogP contribution is -2.27. The SMILES string of the molecule is COc1n[nH]c(NC(=O)C(C)OC)n1. The second kappa shape index (κ2) is 4.56. The second-order valence-electron chi connectivity index (χ2n) is 2.54. The van der Waals surface area contributed by atoms with E-state index in [1.807, 2.05) is 0 Å². The highest BCUT2D eigenvalue weighted by molar-refractivity contribution is 5.92. The van der Waals surface area contributed by atoms with Crippen LogP contribution in [0.4, 0.5) is 5.95 Å². The Morgan fingerprint density at radius 3 is 2.79 bits per heavy atom. The van der Waals surface area contributed by atoms with E-state index in [-0.39, 0.29) is 17.9 Å². The minimum absolute atomic E-state index is 0.172. The fourth-order valence-corrected chi connectivity index (χ4v) is 0.719. The van der Waals surface area contributed by atoms with Gasteiger partial charge in [0, 0.05) is 7.11 Å². The zero-order valence-corrected chi connectivity index (χ0v) is 8.20. The molecule has 0 bridgehead atoms. The van der Waals surface area contributed by atoms with Crippen LogP contribution in [-0.2, 0) is 9.53 Å². The summed E-state index contributed by atoms with van der Waals surface area (Å²) in [4.78, 5) is 15.1. The van der Waals surface area contributed by atoms with Crippen LogP contribution in [0.5, 0.6) is 6.01 Å². The van der Waals surface area contributed by atoms with Crippen molar-refractivity contribution in [2.75, 3.05) is 19.5 Å². The van der Waals surface area contributed by atoms with Crippen LogP contribution in [0.1, 0.15) is 6.92 Å². The first kappa shape index (κ1) is 10.5. The Hall–Kier alpha value is -1.63. The van der Waals surface area contributed by atoms with Gasteiger partial charge in [-0.25, -0.2) is 5.10 Å². The van der Waals surface area contributed by atoms with Gasteiger partial charge in [0.05, 0.1) is 7.11 Å². The molecule has 0 saturated heterocycles. The third-order valence-electron chi connectivity index (χ3n) is 1.61. The standard InChI is InChI=1S/C7H12N4O3/c1-4(13-2)5(12)8-6-9-7(14-3)11-10-6/h4H,1-3H3,(H2,8,9,10,11,12). The zero-order chi connectivity index (χ0) is 10.6. The largest absolute Gasteiger partial charge is 0.466 e. The highest BCUT2D eigenvalue weighted by atomic mass is 16.5. The lowest BCUT2D eigenvalue weighted by molar-refractivity contribution is -0.124. The fourth-order valence-electron chi connectivity index (χ4n) is 0.719. The molecule has 1 amide bonds. The minimum Gasteiger partial charge on any atom is -0.466 e. The summed E-state index contributed by atoms with van der Waals surface area (Å²) >= 11 is 0. The van der Waals surface area contributed by atoms with Crippen molar-refractivity contribution in [2.24, 2.45) is 0 Å². The Labute approximate surface area is 80.8 Å². The minimum atomic E-state index is -0.536. The number of anilines is 1. The number of ether oxygens (including phenoxy) is 2. The van der Waals surface area contributed by atoms with E-state index in [0.717, 1.165) is 0 Å². The van der Waals surface area contributed by atoms with Crippen molar-refractivity contribution in [3.05, 3.63) is 0 Å². The van der Waals surface area contributed by atoms with Crippen molar-refractivity contribution < 1.29 is 14.3 Å². The number of nitrogens with zero attached hydrogens (tertiary/aromatic N) is 2. The predicted molar refractivity (Wildman–Crippen MR) is 48.0 cm³/mol. The molecule has 0 radical (unpaired) electrons. The highest BCUT2D eigenvalue weighted by Gasteiger charge is 2.13. The summed E-state index contributed by atoms with van der Waals surface area (Å²) in [6.45, 7) is 1.63. The average Bonchev–Trinajstić information content (AvgIpc) is 2.64. The average molecular weight is 200 g/mol. The predicted octanol–water partition coefficient (Wildman–Crippen LogP) is -0.213. The second-order valence-corrected chi connectivity index (χ2v) is 2.54. The smallest absolute Gasteiger partial charge is 0.336 e. The summed E-state index contributed by atoms with van der Waals surface area (Å²) in [5.41, 5.74) is 0. The van der Waals surface area contributed by atoms with Gasteiger partial charge in [0.2, 0.25) is 5.95 Å². The molecule has 1 heterocycles. The van der Waals surface area contributed by atoms with Crippen LogP contribution in [0.25, 0.3) is 0 Å². The quantitative estimate of drug-likeness (QED) is 0.701. The summed E-state index contributed by atoms with van der Waals surface area (Å²) < 4.78 is 9.54. The van der Waals surface area contributed by atoms with E-state index in [2.05, 4.69) is 20.5 Å². The van der Waals surface area contributed by atoms with Gasteiger partial charge in [-0.3, -0.25) is 10.1 Å². The number of amides is 1. The van der Waals surface area contributed by atoms with E-state index in [0.29, 0.717) is 0 Å². The molecule has 7 nitrogen and oxygen atoms in total. The highest BCUT2D eigenvalue weighted by Crippen LogP contribution is 2.05. The summed E-state index contributed by atoms with van der Waals surface area (Å²) in [6, 6.07) is 0.172.